The van der Waals surface area contributed by atoms with E-state index < -0.39 is 11.4 Å². The summed E-state index contributed by atoms with van der Waals surface area (Å²) >= 11 is 0. The Bertz CT molecular complexity index is 1120. The molecule has 27 heavy (non-hydrogen) atoms. The molecular formula is C20H18N4O3. The van der Waals surface area contributed by atoms with Gasteiger partial charge >= 0.3 is 0 Å². The molecule has 0 aliphatic rings. The largest absolute Gasteiger partial charge is 0.493 e. The van der Waals surface area contributed by atoms with Crippen molar-refractivity contribution in [3.05, 3.63) is 75.0 Å². The van der Waals surface area contributed by atoms with E-state index in [-0.39, 0.29) is 23.4 Å². The van der Waals surface area contributed by atoms with Gasteiger partial charge in [-0.15, -0.1) is 5.11 Å². The van der Waals surface area contributed by atoms with Gasteiger partial charge in [0.25, 0.3) is 5.56 Å². The summed E-state index contributed by atoms with van der Waals surface area (Å²) in [6, 6.07) is 10.9. The third-order valence-corrected chi connectivity index (χ3v) is 4.42. The molecule has 136 valence electrons. The van der Waals surface area contributed by atoms with Crippen LogP contribution in [0.3, 0.4) is 0 Å². The first-order chi connectivity index (χ1) is 12.9. The molecule has 7 heteroatoms. The van der Waals surface area contributed by atoms with E-state index in [1.165, 1.54) is 6.26 Å². The first kappa shape index (κ1) is 18.1. The summed E-state index contributed by atoms with van der Waals surface area (Å²) in [5.74, 6) is 0.0544. The van der Waals surface area contributed by atoms with Gasteiger partial charge in [0.1, 0.15) is 17.4 Å². The lowest BCUT2D eigenvalue weighted by Crippen LogP contribution is -2.22. The second-order valence-electron chi connectivity index (χ2n) is 6.22. The lowest BCUT2D eigenvalue weighted by molar-refractivity contribution is 0.397. The van der Waals surface area contributed by atoms with Gasteiger partial charge in [0.05, 0.1) is 18.5 Å². The van der Waals surface area contributed by atoms with E-state index in [9.17, 15) is 15.2 Å². The van der Waals surface area contributed by atoms with Crippen molar-refractivity contribution >= 4 is 11.4 Å². The average molecular weight is 362 g/mol. The number of aromatic hydroxyl groups is 1. The molecule has 1 aromatic carbocycles. The van der Waals surface area contributed by atoms with Gasteiger partial charge in [0, 0.05) is 5.56 Å². The van der Waals surface area contributed by atoms with Gasteiger partial charge < -0.3 is 9.52 Å². The maximum absolute atomic E-state index is 12.8. The predicted molar refractivity (Wildman–Crippen MR) is 99.7 cm³/mol. The minimum atomic E-state index is -0.548. The van der Waals surface area contributed by atoms with Crippen LogP contribution in [-0.4, -0.2) is 9.67 Å². The lowest BCUT2D eigenvalue weighted by atomic mass is 10.1. The summed E-state index contributed by atoms with van der Waals surface area (Å²) in [6.07, 6.45) is 1.47. The fourth-order valence-corrected chi connectivity index (χ4v) is 2.66. The van der Waals surface area contributed by atoms with Gasteiger partial charge in [-0.05, 0) is 56.2 Å². The first-order valence-electron chi connectivity index (χ1n) is 8.30. The molecule has 0 aliphatic carbocycles. The molecule has 0 aliphatic heterocycles. The Kier molecular flexibility index (Phi) is 4.90. The van der Waals surface area contributed by atoms with Crippen molar-refractivity contribution in [2.24, 2.45) is 10.2 Å². The van der Waals surface area contributed by atoms with Crippen molar-refractivity contribution in [3.63, 3.8) is 0 Å². The number of aryl methyl sites for hydroxylation is 2. The quantitative estimate of drug-likeness (QED) is 0.694. The van der Waals surface area contributed by atoms with Crippen molar-refractivity contribution in [2.75, 3.05) is 0 Å². The number of furan rings is 1. The predicted octanol–water partition coefficient (Wildman–Crippen LogP) is 4.41. The molecule has 0 bridgehead atoms. The minimum Gasteiger partial charge on any atom is -0.493 e. The Labute approximate surface area is 155 Å². The van der Waals surface area contributed by atoms with E-state index in [0.29, 0.717) is 11.4 Å². The van der Waals surface area contributed by atoms with Crippen molar-refractivity contribution in [1.82, 2.24) is 4.57 Å². The highest BCUT2D eigenvalue weighted by Gasteiger charge is 2.20. The Balaban J connectivity index is 2.11. The zero-order valence-electron chi connectivity index (χ0n) is 15.2. The van der Waals surface area contributed by atoms with Crippen molar-refractivity contribution in [3.8, 4) is 11.9 Å². The number of hydrogen-bond donors (Lipinski definition) is 1. The maximum Gasteiger partial charge on any atom is 0.281 e. The highest BCUT2D eigenvalue weighted by molar-refractivity contribution is 5.57. The van der Waals surface area contributed by atoms with Crippen LogP contribution in [0, 0.1) is 32.1 Å². The number of nitrogens with zero attached hydrogens (tertiary/aromatic N) is 4. The van der Waals surface area contributed by atoms with Crippen LogP contribution in [0.5, 0.6) is 5.88 Å². The summed E-state index contributed by atoms with van der Waals surface area (Å²) in [5.41, 5.74) is 2.51. The standard InChI is InChI=1S/C20H18N4O3/c1-12-6-7-15(9-13(12)2)22-23-18-14(3)17(10-21)19(25)24(20(18)26)11-16-5-4-8-27-16/h4-9,25H,11H2,1-3H3. The molecule has 0 fully saturated rings. The molecule has 0 unspecified atom stereocenters. The molecule has 3 rings (SSSR count). The number of nitriles is 1. The molecule has 0 atom stereocenters. The topological polar surface area (TPSA) is 104 Å². The molecule has 2 aromatic heterocycles. The molecule has 3 aromatic rings. The van der Waals surface area contributed by atoms with Crippen LogP contribution in [0.2, 0.25) is 0 Å². The van der Waals surface area contributed by atoms with Gasteiger partial charge in [0.2, 0.25) is 5.88 Å². The van der Waals surface area contributed by atoms with Crippen LogP contribution in [0.15, 0.2) is 56.0 Å². The van der Waals surface area contributed by atoms with E-state index in [2.05, 4.69) is 10.2 Å². The number of azo groups is 1. The van der Waals surface area contributed by atoms with Gasteiger partial charge in [-0.25, -0.2) is 0 Å². The maximum atomic E-state index is 12.8. The molecule has 7 nitrogen and oxygen atoms in total. The van der Waals surface area contributed by atoms with Crippen LogP contribution in [-0.2, 0) is 6.54 Å². The molecule has 0 saturated carbocycles. The smallest absolute Gasteiger partial charge is 0.281 e. The average Bonchev–Trinajstić information content (AvgIpc) is 3.15. The molecule has 1 N–H and O–H groups in total. The lowest BCUT2D eigenvalue weighted by Gasteiger charge is -2.11. The second kappa shape index (κ2) is 7.30. The summed E-state index contributed by atoms with van der Waals surface area (Å²) in [6.45, 7) is 5.50. The third kappa shape index (κ3) is 3.51. The number of benzene rings is 1. The molecule has 0 amide bonds. The van der Waals surface area contributed by atoms with E-state index in [1.807, 2.05) is 32.0 Å². The number of pyridine rings is 1. The van der Waals surface area contributed by atoms with Gasteiger partial charge in [-0.2, -0.15) is 10.4 Å². The van der Waals surface area contributed by atoms with E-state index in [0.717, 1.165) is 15.7 Å². The monoisotopic (exact) mass is 362 g/mol. The first-order valence-corrected chi connectivity index (χ1v) is 8.30. The highest BCUT2D eigenvalue weighted by Crippen LogP contribution is 2.27. The Hall–Kier alpha value is -3.66. The molecular weight excluding hydrogens is 344 g/mol. The highest BCUT2D eigenvalue weighted by atomic mass is 16.3. The number of rotatable bonds is 4. The SMILES string of the molecule is Cc1ccc(N=Nc2c(C)c(C#N)c(O)n(Cc3ccco3)c2=O)cc1C. The molecule has 2 heterocycles. The normalized spacial score (nSPS) is 11.0. The fourth-order valence-electron chi connectivity index (χ4n) is 2.66. The second-order valence-corrected chi connectivity index (χ2v) is 6.22. The summed E-state index contributed by atoms with van der Waals surface area (Å²) in [7, 11) is 0. The molecule has 0 radical (unpaired) electrons. The third-order valence-electron chi connectivity index (χ3n) is 4.42. The van der Waals surface area contributed by atoms with E-state index >= 15 is 0 Å². The Morgan fingerprint density at radius 3 is 2.59 bits per heavy atom. The Morgan fingerprint density at radius 2 is 1.96 bits per heavy atom. The van der Waals surface area contributed by atoms with Crippen molar-refractivity contribution < 1.29 is 9.52 Å². The minimum absolute atomic E-state index is 0.00846. The fraction of sp³-hybridized carbons (Fsp3) is 0.200. The van der Waals surface area contributed by atoms with Crippen LogP contribution >= 0.6 is 0 Å². The van der Waals surface area contributed by atoms with Gasteiger partial charge in [0.15, 0.2) is 5.69 Å². The van der Waals surface area contributed by atoms with Gasteiger partial charge in [-0.1, -0.05) is 6.07 Å². The zero-order chi connectivity index (χ0) is 19.6. The summed E-state index contributed by atoms with van der Waals surface area (Å²) < 4.78 is 6.29. The van der Waals surface area contributed by atoms with Crippen LogP contribution in [0.1, 0.15) is 28.0 Å². The van der Waals surface area contributed by atoms with Crippen molar-refractivity contribution in [1.29, 1.82) is 5.26 Å². The van der Waals surface area contributed by atoms with E-state index in [4.69, 9.17) is 4.42 Å². The van der Waals surface area contributed by atoms with Crippen LogP contribution in [0.4, 0.5) is 11.4 Å². The summed E-state index contributed by atoms with van der Waals surface area (Å²) in [4.78, 5) is 12.8. The number of hydrogen-bond acceptors (Lipinski definition) is 6. The molecule has 0 spiro atoms. The van der Waals surface area contributed by atoms with Crippen LogP contribution < -0.4 is 5.56 Å². The van der Waals surface area contributed by atoms with Crippen LogP contribution in [0.25, 0.3) is 0 Å². The van der Waals surface area contributed by atoms with Gasteiger partial charge in [-0.3, -0.25) is 9.36 Å². The zero-order valence-corrected chi connectivity index (χ0v) is 15.2. The Morgan fingerprint density at radius 1 is 1.19 bits per heavy atom. The van der Waals surface area contributed by atoms with Crippen molar-refractivity contribution in [2.45, 2.75) is 27.3 Å². The molecule has 0 saturated heterocycles. The summed E-state index contributed by atoms with van der Waals surface area (Å²) in [5, 5.41) is 28.0. The number of aromatic nitrogens is 1. The van der Waals surface area contributed by atoms with E-state index in [1.54, 1.807) is 25.1 Å².